The number of hydrogen-bond acceptors (Lipinski definition) is 3. The molecule has 3 nitrogen and oxygen atoms in total. The molecule has 2 heterocycles. The third-order valence-corrected chi connectivity index (χ3v) is 3.94. The largest absolute Gasteiger partial charge is 0.357 e. The fraction of sp³-hybridized carbons (Fsp3) is 0.667. The van der Waals surface area contributed by atoms with Gasteiger partial charge in [0.05, 0.1) is 0 Å². The first-order valence-electron chi connectivity index (χ1n) is 6.96. The summed E-state index contributed by atoms with van der Waals surface area (Å²) in [5, 5.41) is 0. The molecule has 0 aliphatic carbocycles. The van der Waals surface area contributed by atoms with Gasteiger partial charge in [-0.05, 0) is 51.0 Å². The lowest BCUT2D eigenvalue weighted by Gasteiger charge is -2.35. The molecule has 1 aliphatic heterocycles. The van der Waals surface area contributed by atoms with Gasteiger partial charge < -0.3 is 9.80 Å². The van der Waals surface area contributed by atoms with Gasteiger partial charge in [0.15, 0.2) is 0 Å². The van der Waals surface area contributed by atoms with Crippen molar-refractivity contribution in [2.75, 3.05) is 32.1 Å². The second-order valence-electron chi connectivity index (χ2n) is 5.72. The van der Waals surface area contributed by atoms with Crippen molar-refractivity contribution in [1.29, 1.82) is 0 Å². The van der Waals surface area contributed by atoms with Gasteiger partial charge in [-0.1, -0.05) is 19.9 Å². The average Bonchev–Trinajstić information content (AvgIpc) is 2.39. The van der Waals surface area contributed by atoms with Gasteiger partial charge >= 0.3 is 0 Å². The van der Waals surface area contributed by atoms with E-state index in [-0.39, 0.29) is 0 Å². The second kappa shape index (κ2) is 5.70. The maximum Gasteiger partial charge on any atom is 0.128 e. The van der Waals surface area contributed by atoms with Crippen LogP contribution in [0.1, 0.15) is 38.3 Å². The summed E-state index contributed by atoms with van der Waals surface area (Å²) in [5.41, 5.74) is 1.19. The summed E-state index contributed by atoms with van der Waals surface area (Å²) >= 11 is 0. The van der Waals surface area contributed by atoms with E-state index in [4.69, 9.17) is 4.98 Å². The normalized spacial score (nSPS) is 18.3. The first-order chi connectivity index (χ1) is 8.58. The molecule has 0 spiro atoms. The predicted molar refractivity (Wildman–Crippen MR) is 77.2 cm³/mol. The van der Waals surface area contributed by atoms with Crippen LogP contribution in [0.25, 0.3) is 0 Å². The van der Waals surface area contributed by atoms with Gasteiger partial charge in [0.2, 0.25) is 0 Å². The molecule has 0 N–H and O–H groups in total. The Balaban J connectivity index is 2.08. The Bertz CT molecular complexity index is 381. The maximum absolute atomic E-state index is 4.78. The van der Waals surface area contributed by atoms with E-state index in [2.05, 4.69) is 55.9 Å². The van der Waals surface area contributed by atoms with Gasteiger partial charge in [0.25, 0.3) is 0 Å². The van der Waals surface area contributed by atoms with E-state index in [1.807, 2.05) is 0 Å². The van der Waals surface area contributed by atoms with E-state index >= 15 is 0 Å². The molecule has 1 aromatic rings. The molecule has 0 radical (unpaired) electrons. The van der Waals surface area contributed by atoms with Crippen molar-refractivity contribution in [3.05, 3.63) is 23.9 Å². The first kappa shape index (κ1) is 13.3. The van der Waals surface area contributed by atoms with E-state index in [0.29, 0.717) is 12.0 Å². The van der Waals surface area contributed by atoms with Crippen LogP contribution in [0, 0.1) is 0 Å². The zero-order chi connectivity index (χ0) is 13.1. The molecule has 0 amide bonds. The lowest BCUT2D eigenvalue weighted by atomic mass is 10.0. The van der Waals surface area contributed by atoms with Crippen molar-refractivity contribution < 1.29 is 0 Å². The average molecular weight is 247 g/mol. The van der Waals surface area contributed by atoms with E-state index in [1.165, 1.54) is 31.6 Å². The fourth-order valence-electron chi connectivity index (χ4n) is 2.53. The van der Waals surface area contributed by atoms with Crippen molar-refractivity contribution in [1.82, 2.24) is 9.88 Å². The summed E-state index contributed by atoms with van der Waals surface area (Å²) in [7, 11) is 4.39. The molecule has 1 aromatic heterocycles. The third kappa shape index (κ3) is 3.02. The van der Waals surface area contributed by atoms with Crippen LogP contribution in [0.5, 0.6) is 0 Å². The topological polar surface area (TPSA) is 19.4 Å². The molecule has 1 aliphatic rings. The van der Waals surface area contributed by atoms with Crippen LogP contribution in [0.15, 0.2) is 18.2 Å². The molecular weight excluding hydrogens is 222 g/mol. The van der Waals surface area contributed by atoms with Gasteiger partial charge in [0, 0.05) is 18.8 Å². The molecule has 100 valence electrons. The molecule has 3 heteroatoms. The first-order valence-corrected chi connectivity index (χ1v) is 6.96. The number of nitrogens with zero attached hydrogens (tertiary/aromatic N) is 3. The van der Waals surface area contributed by atoms with Gasteiger partial charge in [-0.25, -0.2) is 4.98 Å². The minimum atomic E-state index is 0.496. The third-order valence-electron chi connectivity index (χ3n) is 3.94. The quantitative estimate of drug-likeness (QED) is 0.818. The number of aromatic nitrogens is 1. The summed E-state index contributed by atoms with van der Waals surface area (Å²) in [5.74, 6) is 1.62. The Hall–Kier alpha value is -1.09. The zero-order valence-corrected chi connectivity index (χ0v) is 12.1. The van der Waals surface area contributed by atoms with Crippen molar-refractivity contribution in [3.63, 3.8) is 0 Å². The molecule has 0 bridgehead atoms. The smallest absolute Gasteiger partial charge is 0.128 e. The van der Waals surface area contributed by atoms with Crippen molar-refractivity contribution >= 4 is 5.82 Å². The van der Waals surface area contributed by atoms with Crippen LogP contribution in [-0.2, 0) is 0 Å². The van der Waals surface area contributed by atoms with Crippen LogP contribution >= 0.6 is 0 Å². The predicted octanol–water partition coefficient (Wildman–Crippen LogP) is 2.74. The maximum atomic E-state index is 4.78. The summed E-state index contributed by atoms with van der Waals surface area (Å²) in [6.45, 7) is 6.78. The molecule has 2 rings (SSSR count). The molecule has 1 saturated heterocycles. The van der Waals surface area contributed by atoms with Gasteiger partial charge in [-0.3, -0.25) is 0 Å². The highest BCUT2D eigenvalue weighted by Gasteiger charge is 2.21. The number of anilines is 1. The number of likely N-dealkylation sites (tertiary alicyclic amines) is 1. The molecule has 0 atom stereocenters. The molecule has 18 heavy (non-hydrogen) atoms. The van der Waals surface area contributed by atoms with Crippen molar-refractivity contribution in [2.45, 2.75) is 38.6 Å². The standard InChI is InChI=1S/C15H25N3/c1-12(2)14-6-5-7-15(16-14)18(4)13-8-10-17(3)11-9-13/h5-7,12-13H,8-11H2,1-4H3. The number of piperidine rings is 1. The number of pyridine rings is 1. The highest BCUT2D eigenvalue weighted by atomic mass is 15.2. The van der Waals surface area contributed by atoms with Gasteiger partial charge in [-0.15, -0.1) is 0 Å². The Labute approximate surface area is 111 Å². The van der Waals surface area contributed by atoms with E-state index in [0.717, 1.165) is 5.82 Å². The lowest BCUT2D eigenvalue weighted by Crippen LogP contribution is -2.42. The summed E-state index contributed by atoms with van der Waals surface area (Å²) in [4.78, 5) is 9.54. The van der Waals surface area contributed by atoms with Crippen LogP contribution in [0.4, 0.5) is 5.82 Å². The monoisotopic (exact) mass is 247 g/mol. The summed E-state index contributed by atoms with van der Waals surface area (Å²) in [6.07, 6.45) is 2.47. The molecule has 0 unspecified atom stereocenters. The minimum absolute atomic E-state index is 0.496. The Morgan fingerprint density at radius 2 is 1.94 bits per heavy atom. The molecule has 0 saturated carbocycles. The fourth-order valence-corrected chi connectivity index (χ4v) is 2.53. The molecule has 0 aromatic carbocycles. The minimum Gasteiger partial charge on any atom is -0.357 e. The van der Waals surface area contributed by atoms with Crippen LogP contribution in [0.2, 0.25) is 0 Å². The van der Waals surface area contributed by atoms with Gasteiger partial charge in [-0.2, -0.15) is 0 Å². The Kier molecular flexibility index (Phi) is 4.23. The van der Waals surface area contributed by atoms with Crippen molar-refractivity contribution in [3.8, 4) is 0 Å². The van der Waals surface area contributed by atoms with Crippen LogP contribution < -0.4 is 4.90 Å². The van der Waals surface area contributed by atoms with Crippen molar-refractivity contribution in [2.24, 2.45) is 0 Å². The van der Waals surface area contributed by atoms with E-state index < -0.39 is 0 Å². The zero-order valence-electron chi connectivity index (χ0n) is 12.1. The van der Waals surface area contributed by atoms with Crippen LogP contribution in [-0.4, -0.2) is 43.1 Å². The summed E-state index contributed by atoms with van der Waals surface area (Å²) < 4.78 is 0. The van der Waals surface area contributed by atoms with E-state index in [1.54, 1.807) is 0 Å². The molecular formula is C15H25N3. The Morgan fingerprint density at radius 3 is 2.56 bits per heavy atom. The number of hydrogen-bond donors (Lipinski definition) is 0. The van der Waals surface area contributed by atoms with Gasteiger partial charge in [0.1, 0.15) is 5.82 Å². The van der Waals surface area contributed by atoms with Crippen LogP contribution in [0.3, 0.4) is 0 Å². The summed E-state index contributed by atoms with van der Waals surface area (Å²) in [6, 6.07) is 7.01. The second-order valence-corrected chi connectivity index (χ2v) is 5.72. The lowest BCUT2D eigenvalue weighted by molar-refractivity contribution is 0.252. The SMILES string of the molecule is CC(C)c1cccc(N(C)C2CCN(C)CC2)n1. The Morgan fingerprint density at radius 1 is 1.28 bits per heavy atom. The number of rotatable bonds is 3. The van der Waals surface area contributed by atoms with E-state index in [9.17, 15) is 0 Å². The molecule has 1 fully saturated rings. The highest BCUT2D eigenvalue weighted by molar-refractivity contribution is 5.40. The highest BCUT2D eigenvalue weighted by Crippen LogP contribution is 2.22.